The molecule has 1 aromatic carbocycles. The fraction of sp³-hybridized carbons (Fsp3) is 0.444. The molecular formula is C18H21FN2O2S. The van der Waals surface area contributed by atoms with Gasteiger partial charge in [-0.05, 0) is 51.0 Å². The van der Waals surface area contributed by atoms with Crippen molar-refractivity contribution in [1.82, 2.24) is 9.88 Å². The zero-order chi connectivity index (χ0) is 17.3. The number of aromatic nitrogens is 1. The summed E-state index contributed by atoms with van der Waals surface area (Å²) in [6.07, 6.45) is 1.45. The van der Waals surface area contributed by atoms with Crippen molar-refractivity contribution in [3.63, 3.8) is 0 Å². The van der Waals surface area contributed by atoms with Crippen LogP contribution < -0.4 is 0 Å². The number of carbonyl (C=O) groups excluding carboxylic acids is 1. The van der Waals surface area contributed by atoms with E-state index in [-0.39, 0.29) is 17.6 Å². The fourth-order valence-electron chi connectivity index (χ4n) is 3.04. The van der Waals surface area contributed by atoms with Gasteiger partial charge in [0.05, 0.1) is 11.8 Å². The van der Waals surface area contributed by atoms with E-state index >= 15 is 0 Å². The number of aliphatic hydroxyl groups excluding tert-OH is 1. The molecule has 0 bridgehead atoms. The standard InChI is InChI=1S/C18H21FN2O2S/c1-11-16(18(23)21-9-3-4-14(10-21)12(2)22)24-17(20-11)13-5-7-15(19)8-6-13/h5-8,12,14,22H,3-4,9-10H2,1-2H3. The highest BCUT2D eigenvalue weighted by molar-refractivity contribution is 7.17. The summed E-state index contributed by atoms with van der Waals surface area (Å²) in [6, 6.07) is 6.13. The van der Waals surface area contributed by atoms with Crippen molar-refractivity contribution < 1.29 is 14.3 Å². The summed E-state index contributed by atoms with van der Waals surface area (Å²) in [6.45, 7) is 4.90. The molecule has 3 rings (SSSR count). The second-order valence-corrected chi connectivity index (χ2v) is 7.33. The molecule has 1 aliphatic rings. The summed E-state index contributed by atoms with van der Waals surface area (Å²) in [4.78, 5) is 19.8. The fourth-order valence-corrected chi connectivity index (χ4v) is 4.08. The number of nitrogens with zero attached hydrogens (tertiary/aromatic N) is 2. The predicted molar refractivity (Wildman–Crippen MR) is 92.6 cm³/mol. The van der Waals surface area contributed by atoms with Crippen LogP contribution >= 0.6 is 11.3 Å². The lowest BCUT2D eigenvalue weighted by atomic mass is 9.93. The largest absolute Gasteiger partial charge is 0.393 e. The Morgan fingerprint density at radius 3 is 2.79 bits per heavy atom. The number of halogens is 1. The predicted octanol–water partition coefficient (Wildman–Crippen LogP) is 3.49. The molecule has 0 radical (unpaired) electrons. The highest BCUT2D eigenvalue weighted by atomic mass is 32.1. The van der Waals surface area contributed by atoms with Gasteiger partial charge in [-0.25, -0.2) is 9.37 Å². The molecule has 1 fully saturated rings. The van der Waals surface area contributed by atoms with E-state index in [0.29, 0.717) is 23.7 Å². The number of amides is 1. The minimum atomic E-state index is -0.405. The van der Waals surface area contributed by atoms with Gasteiger partial charge in [-0.1, -0.05) is 0 Å². The van der Waals surface area contributed by atoms with Crippen LogP contribution in [-0.2, 0) is 0 Å². The third kappa shape index (κ3) is 3.49. The smallest absolute Gasteiger partial charge is 0.265 e. The van der Waals surface area contributed by atoms with Crippen LogP contribution in [-0.4, -0.2) is 40.1 Å². The summed E-state index contributed by atoms with van der Waals surface area (Å²) in [7, 11) is 0. The summed E-state index contributed by atoms with van der Waals surface area (Å²) >= 11 is 1.34. The molecule has 6 heteroatoms. The van der Waals surface area contributed by atoms with Gasteiger partial charge in [0.25, 0.3) is 5.91 Å². The topological polar surface area (TPSA) is 53.4 Å². The van der Waals surface area contributed by atoms with E-state index in [2.05, 4.69) is 4.98 Å². The van der Waals surface area contributed by atoms with Crippen molar-refractivity contribution in [2.45, 2.75) is 32.8 Å². The maximum absolute atomic E-state index is 13.1. The number of hydrogen-bond donors (Lipinski definition) is 1. The van der Waals surface area contributed by atoms with Crippen molar-refractivity contribution in [2.24, 2.45) is 5.92 Å². The van der Waals surface area contributed by atoms with E-state index in [0.717, 1.165) is 23.4 Å². The van der Waals surface area contributed by atoms with E-state index in [1.54, 1.807) is 19.1 Å². The Labute approximate surface area is 145 Å². The number of thiazole rings is 1. The molecule has 2 heterocycles. The van der Waals surface area contributed by atoms with Gasteiger partial charge in [0.1, 0.15) is 15.7 Å². The van der Waals surface area contributed by atoms with Gasteiger partial charge in [0.2, 0.25) is 0 Å². The Bertz CT molecular complexity index is 727. The Morgan fingerprint density at radius 1 is 1.42 bits per heavy atom. The van der Waals surface area contributed by atoms with Gasteiger partial charge in [-0.2, -0.15) is 0 Å². The molecule has 0 spiro atoms. The molecule has 2 unspecified atom stereocenters. The normalized spacial score (nSPS) is 19.3. The van der Waals surface area contributed by atoms with Crippen LogP contribution in [0.2, 0.25) is 0 Å². The molecule has 0 aliphatic carbocycles. The van der Waals surface area contributed by atoms with Crippen LogP contribution in [0.4, 0.5) is 4.39 Å². The lowest BCUT2D eigenvalue weighted by Gasteiger charge is -2.34. The third-order valence-corrected chi connectivity index (χ3v) is 5.70. The first kappa shape index (κ1) is 17.0. The van der Waals surface area contributed by atoms with Crippen LogP contribution in [0.15, 0.2) is 24.3 Å². The first-order chi connectivity index (χ1) is 11.5. The van der Waals surface area contributed by atoms with Crippen molar-refractivity contribution >= 4 is 17.2 Å². The molecule has 1 saturated heterocycles. The second-order valence-electron chi connectivity index (χ2n) is 6.33. The number of rotatable bonds is 3. The van der Waals surface area contributed by atoms with Gasteiger partial charge in [-0.3, -0.25) is 4.79 Å². The quantitative estimate of drug-likeness (QED) is 0.924. The molecule has 2 atom stereocenters. The molecule has 2 aromatic rings. The number of likely N-dealkylation sites (tertiary alicyclic amines) is 1. The highest BCUT2D eigenvalue weighted by Gasteiger charge is 2.29. The summed E-state index contributed by atoms with van der Waals surface area (Å²) < 4.78 is 13.1. The Kier molecular flexibility index (Phi) is 4.96. The summed E-state index contributed by atoms with van der Waals surface area (Å²) in [5.41, 5.74) is 1.51. The van der Waals surface area contributed by atoms with E-state index in [1.165, 1.54) is 23.5 Å². The minimum Gasteiger partial charge on any atom is -0.393 e. The van der Waals surface area contributed by atoms with E-state index in [4.69, 9.17) is 0 Å². The first-order valence-electron chi connectivity index (χ1n) is 8.16. The maximum Gasteiger partial charge on any atom is 0.265 e. The zero-order valence-corrected chi connectivity index (χ0v) is 14.6. The van der Waals surface area contributed by atoms with Crippen LogP contribution in [0.5, 0.6) is 0 Å². The molecule has 4 nitrogen and oxygen atoms in total. The molecule has 1 aromatic heterocycles. The highest BCUT2D eigenvalue weighted by Crippen LogP contribution is 2.30. The number of hydrogen-bond acceptors (Lipinski definition) is 4. The van der Waals surface area contributed by atoms with E-state index in [9.17, 15) is 14.3 Å². The molecule has 0 saturated carbocycles. The number of benzene rings is 1. The monoisotopic (exact) mass is 348 g/mol. The minimum absolute atomic E-state index is 0.0243. The average molecular weight is 348 g/mol. The summed E-state index contributed by atoms with van der Waals surface area (Å²) in [5, 5.41) is 10.5. The molecule has 1 N–H and O–H groups in total. The average Bonchev–Trinajstić information content (AvgIpc) is 2.96. The van der Waals surface area contributed by atoms with Crippen LogP contribution in [0.3, 0.4) is 0 Å². The van der Waals surface area contributed by atoms with E-state index in [1.807, 2.05) is 11.8 Å². The summed E-state index contributed by atoms with van der Waals surface area (Å²) in [5.74, 6) is -0.183. The molecule has 1 aliphatic heterocycles. The van der Waals surface area contributed by atoms with Crippen LogP contribution in [0, 0.1) is 18.7 Å². The number of aryl methyl sites for hydroxylation is 1. The molecule has 24 heavy (non-hydrogen) atoms. The van der Waals surface area contributed by atoms with Crippen molar-refractivity contribution in [3.05, 3.63) is 40.7 Å². The zero-order valence-electron chi connectivity index (χ0n) is 13.8. The van der Waals surface area contributed by atoms with Gasteiger partial charge in [0, 0.05) is 24.6 Å². The first-order valence-corrected chi connectivity index (χ1v) is 8.98. The number of piperidine rings is 1. The Balaban J connectivity index is 1.81. The molecule has 1 amide bonds. The third-order valence-electron chi connectivity index (χ3n) is 4.51. The van der Waals surface area contributed by atoms with Crippen molar-refractivity contribution in [1.29, 1.82) is 0 Å². The molecular weight excluding hydrogens is 327 g/mol. The van der Waals surface area contributed by atoms with Crippen LogP contribution in [0.25, 0.3) is 10.6 Å². The van der Waals surface area contributed by atoms with Gasteiger partial charge in [0.15, 0.2) is 0 Å². The van der Waals surface area contributed by atoms with Gasteiger partial charge >= 0.3 is 0 Å². The van der Waals surface area contributed by atoms with Crippen molar-refractivity contribution in [2.75, 3.05) is 13.1 Å². The number of aliphatic hydroxyl groups is 1. The lowest BCUT2D eigenvalue weighted by molar-refractivity contribution is 0.0469. The Morgan fingerprint density at radius 2 is 2.12 bits per heavy atom. The van der Waals surface area contributed by atoms with Crippen molar-refractivity contribution in [3.8, 4) is 10.6 Å². The van der Waals surface area contributed by atoms with Crippen LogP contribution in [0.1, 0.15) is 35.1 Å². The number of carbonyl (C=O) groups is 1. The lowest BCUT2D eigenvalue weighted by Crippen LogP contribution is -2.42. The van der Waals surface area contributed by atoms with Gasteiger partial charge < -0.3 is 10.0 Å². The van der Waals surface area contributed by atoms with Gasteiger partial charge in [-0.15, -0.1) is 11.3 Å². The molecule has 128 valence electrons. The SMILES string of the molecule is Cc1nc(-c2ccc(F)cc2)sc1C(=O)N1CCCC(C(C)O)C1. The Hall–Kier alpha value is -1.79. The van der Waals surface area contributed by atoms with E-state index < -0.39 is 6.10 Å². The maximum atomic E-state index is 13.1. The second kappa shape index (κ2) is 6.99.